The quantitative estimate of drug-likeness (QED) is 0.554. The third kappa shape index (κ3) is 4.20. The Balaban J connectivity index is 1.41. The molecule has 0 spiro atoms. The van der Waals surface area contributed by atoms with Gasteiger partial charge in [0.05, 0.1) is 17.2 Å². The summed E-state index contributed by atoms with van der Waals surface area (Å²) >= 11 is 0. The van der Waals surface area contributed by atoms with E-state index in [1.165, 1.54) is 30.6 Å². The highest BCUT2D eigenvalue weighted by Gasteiger charge is 2.44. The fourth-order valence-electron chi connectivity index (χ4n) is 4.93. The summed E-state index contributed by atoms with van der Waals surface area (Å²) in [5.41, 5.74) is -0.580. The van der Waals surface area contributed by atoms with Crippen LogP contribution in [0.2, 0.25) is 0 Å². The van der Waals surface area contributed by atoms with Crippen molar-refractivity contribution in [1.82, 2.24) is 19.9 Å². The van der Waals surface area contributed by atoms with Crippen molar-refractivity contribution >= 4 is 11.7 Å². The maximum Gasteiger partial charge on any atom is 0.417 e. The molecule has 3 aliphatic rings. The summed E-state index contributed by atoms with van der Waals surface area (Å²) in [5.74, 6) is -0.324. The maximum atomic E-state index is 14.9. The van der Waals surface area contributed by atoms with Crippen molar-refractivity contribution < 1.29 is 22.4 Å². The van der Waals surface area contributed by atoms with E-state index in [1.807, 2.05) is 0 Å². The number of aromatic nitrogens is 3. The van der Waals surface area contributed by atoms with Crippen molar-refractivity contribution in [1.29, 1.82) is 0 Å². The van der Waals surface area contributed by atoms with Crippen LogP contribution in [0.15, 0.2) is 55.0 Å². The van der Waals surface area contributed by atoms with Crippen LogP contribution < -0.4 is 5.32 Å². The van der Waals surface area contributed by atoms with Crippen LogP contribution in [0.1, 0.15) is 35.2 Å². The molecule has 1 aliphatic carbocycles. The molecule has 10 heteroatoms. The number of nitrogens with one attached hydrogen (secondary N) is 1. The molecule has 34 heavy (non-hydrogen) atoms. The van der Waals surface area contributed by atoms with E-state index >= 15 is 0 Å². The van der Waals surface area contributed by atoms with E-state index in [1.54, 1.807) is 17.0 Å². The summed E-state index contributed by atoms with van der Waals surface area (Å²) in [4.78, 5) is 27.5. The molecule has 2 aromatic heterocycles. The number of alkyl halides is 3. The summed E-state index contributed by atoms with van der Waals surface area (Å²) in [7, 11) is 0. The van der Waals surface area contributed by atoms with E-state index in [2.05, 4.69) is 20.3 Å². The molecule has 2 bridgehead atoms. The van der Waals surface area contributed by atoms with Crippen molar-refractivity contribution in [2.75, 3.05) is 11.9 Å². The molecule has 4 heterocycles. The monoisotopic (exact) mass is 471 g/mol. The van der Waals surface area contributed by atoms with Crippen molar-refractivity contribution in [2.45, 2.75) is 37.5 Å². The topological polar surface area (TPSA) is 71.0 Å². The van der Waals surface area contributed by atoms with Gasteiger partial charge in [-0.15, -0.1) is 0 Å². The minimum Gasteiger partial charge on any atom is -0.365 e. The predicted octanol–water partition coefficient (Wildman–Crippen LogP) is 4.80. The average molecular weight is 471 g/mol. The van der Waals surface area contributed by atoms with Gasteiger partial charge in [0.1, 0.15) is 11.6 Å². The molecule has 0 radical (unpaired) electrons. The van der Waals surface area contributed by atoms with Gasteiger partial charge in [-0.2, -0.15) is 13.2 Å². The Labute approximate surface area is 193 Å². The zero-order chi connectivity index (χ0) is 23.9. The van der Waals surface area contributed by atoms with Gasteiger partial charge >= 0.3 is 6.18 Å². The first kappa shape index (κ1) is 22.2. The van der Waals surface area contributed by atoms with Crippen LogP contribution in [0.5, 0.6) is 0 Å². The van der Waals surface area contributed by atoms with Crippen molar-refractivity contribution in [2.24, 2.45) is 5.92 Å². The van der Waals surface area contributed by atoms with Crippen LogP contribution in [0, 0.1) is 11.7 Å². The first-order valence-electron chi connectivity index (χ1n) is 11.0. The Kier molecular flexibility index (Phi) is 5.66. The number of fused-ring (bicyclic) bond motifs is 3. The molecule has 0 unspecified atom stereocenters. The van der Waals surface area contributed by atoms with E-state index < -0.39 is 23.5 Å². The predicted molar refractivity (Wildman–Crippen MR) is 116 cm³/mol. The molecule has 1 saturated carbocycles. The minimum absolute atomic E-state index is 0.0762. The fraction of sp³-hybridized carbons (Fsp3) is 0.333. The number of pyridine rings is 1. The zero-order valence-electron chi connectivity index (χ0n) is 18.0. The van der Waals surface area contributed by atoms with E-state index in [0.717, 1.165) is 25.1 Å². The lowest BCUT2D eigenvalue weighted by Gasteiger charge is -2.50. The molecule has 3 atom stereocenters. The van der Waals surface area contributed by atoms with Gasteiger partial charge < -0.3 is 10.2 Å². The second-order valence-corrected chi connectivity index (χ2v) is 8.62. The van der Waals surface area contributed by atoms with Crippen LogP contribution in [0.25, 0.3) is 11.4 Å². The Morgan fingerprint density at radius 1 is 1.03 bits per heavy atom. The van der Waals surface area contributed by atoms with Crippen molar-refractivity contribution in [3.05, 3.63) is 71.9 Å². The molecular weight excluding hydrogens is 450 g/mol. The number of nitrogens with zero attached hydrogens (tertiary/aromatic N) is 4. The first-order valence-corrected chi connectivity index (χ1v) is 11.0. The van der Waals surface area contributed by atoms with Gasteiger partial charge in [-0.3, -0.25) is 4.79 Å². The molecule has 1 N–H and O–H groups in total. The van der Waals surface area contributed by atoms with E-state index in [4.69, 9.17) is 0 Å². The van der Waals surface area contributed by atoms with Crippen LogP contribution in [0.4, 0.5) is 23.4 Å². The van der Waals surface area contributed by atoms with Crippen molar-refractivity contribution in [3.63, 3.8) is 0 Å². The first-order chi connectivity index (χ1) is 16.3. The summed E-state index contributed by atoms with van der Waals surface area (Å²) in [6, 6.07) is 7.83. The molecule has 1 amide bonds. The van der Waals surface area contributed by atoms with Crippen LogP contribution in [0.3, 0.4) is 0 Å². The number of piperidine rings is 2. The highest BCUT2D eigenvalue weighted by molar-refractivity contribution is 6.00. The smallest absolute Gasteiger partial charge is 0.365 e. The van der Waals surface area contributed by atoms with Gasteiger partial charge in [-0.1, -0.05) is 12.1 Å². The second-order valence-electron chi connectivity index (χ2n) is 8.62. The largest absolute Gasteiger partial charge is 0.417 e. The molecule has 176 valence electrons. The number of hydrogen-bond acceptors (Lipinski definition) is 5. The van der Waals surface area contributed by atoms with Crippen molar-refractivity contribution in [3.8, 4) is 11.4 Å². The lowest BCUT2D eigenvalue weighted by Crippen LogP contribution is -2.60. The number of anilines is 1. The van der Waals surface area contributed by atoms with Gasteiger partial charge in [0, 0.05) is 36.7 Å². The van der Waals surface area contributed by atoms with E-state index in [-0.39, 0.29) is 29.4 Å². The SMILES string of the molecule is O=C(c1c(F)cccc1-c1ncccn1)N1C[C@H]2CC[C@H]1[C@H](Nc1ccc(C(F)(F)F)cn1)C2. The average Bonchev–Trinajstić information content (AvgIpc) is 2.84. The fourth-order valence-corrected chi connectivity index (χ4v) is 4.93. The lowest BCUT2D eigenvalue weighted by molar-refractivity contribution is -0.137. The molecule has 2 saturated heterocycles. The van der Waals surface area contributed by atoms with Crippen LogP contribution >= 0.6 is 0 Å². The number of carbonyl (C=O) groups is 1. The number of benzene rings is 1. The van der Waals surface area contributed by atoms with Gasteiger partial charge in [-0.05, 0) is 49.4 Å². The van der Waals surface area contributed by atoms with E-state index in [9.17, 15) is 22.4 Å². The number of hydrogen-bond donors (Lipinski definition) is 1. The standard InChI is InChI=1S/C24H21F4N5O/c25-17-4-1-3-16(22-29-9-2-10-30-22)21(17)23(34)33-13-14-5-7-19(33)18(11-14)32-20-8-6-15(12-31-20)24(26,27)28/h1-4,6,8-10,12,14,18-19H,5,7,11,13H2,(H,31,32)/t14-,18+,19-/m0/s1. The summed E-state index contributed by atoms with van der Waals surface area (Å²) in [6.45, 7) is 0.492. The highest BCUT2D eigenvalue weighted by atomic mass is 19.4. The second kappa shape index (κ2) is 8.66. The summed E-state index contributed by atoms with van der Waals surface area (Å²) in [5, 5.41) is 3.20. The molecule has 1 aromatic carbocycles. The van der Waals surface area contributed by atoms with Gasteiger partial charge in [0.2, 0.25) is 0 Å². The Bertz CT molecular complexity index is 1190. The molecular formula is C24H21F4N5O. The number of amides is 1. The third-order valence-electron chi connectivity index (χ3n) is 6.50. The van der Waals surface area contributed by atoms with Crippen LogP contribution in [-0.2, 0) is 6.18 Å². The number of carbonyl (C=O) groups excluding carboxylic acids is 1. The summed E-state index contributed by atoms with van der Waals surface area (Å²) in [6.07, 6.45) is 1.78. The minimum atomic E-state index is -4.46. The molecule has 6 nitrogen and oxygen atoms in total. The van der Waals surface area contributed by atoms with Gasteiger partial charge in [0.15, 0.2) is 5.82 Å². The molecule has 2 aliphatic heterocycles. The molecule has 3 aromatic rings. The van der Waals surface area contributed by atoms with E-state index in [0.29, 0.717) is 24.3 Å². The molecule has 6 rings (SSSR count). The lowest BCUT2D eigenvalue weighted by atomic mass is 9.76. The number of rotatable bonds is 4. The highest BCUT2D eigenvalue weighted by Crippen LogP contribution is 2.38. The maximum absolute atomic E-state index is 14.9. The normalized spacial score (nSPS) is 22.0. The molecule has 3 fully saturated rings. The third-order valence-corrected chi connectivity index (χ3v) is 6.50. The zero-order valence-corrected chi connectivity index (χ0v) is 18.0. The summed E-state index contributed by atoms with van der Waals surface area (Å²) < 4.78 is 53.5. The van der Waals surface area contributed by atoms with Gasteiger partial charge in [0.25, 0.3) is 5.91 Å². The number of halogens is 4. The Morgan fingerprint density at radius 2 is 1.82 bits per heavy atom. The van der Waals surface area contributed by atoms with Crippen LogP contribution in [-0.4, -0.2) is 44.4 Å². The Hall–Kier alpha value is -3.56. The Morgan fingerprint density at radius 3 is 2.50 bits per heavy atom. The van der Waals surface area contributed by atoms with Gasteiger partial charge in [-0.25, -0.2) is 19.3 Å².